The smallest absolute Gasteiger partial charge is 0.170 e. The monoisotopic (exact) mass is 237 g/mol. The third-order valence-electron chi connectivity index (χ3n) is 4.04. The van der Waals surface area contributed by atoms with Gasteiger partial charge >= 0.3 is 0 Å². The Labute approximate surface area is 102 Å². The first-order valence-corrected chi connectivity index (χ1v) is 6.21. The van der Waals surface area contributed by atoms with Crippen molar-refractivity contribution in [3.8, 4) is 5.75 Å². The fraction of sp³-hybridized carbons (Fsp3) is 0.571. The summed E-state index contributed by atoms with van der Waals surface area (Å²) in [5.74, 6) is 0.286. The number of nitrogens with two attached hydrogens (primary N) is 1. The van der Waals surface area contributed by atoms with Gasteiger partial charge in [0.25, 0.3) is 0 Å². The van der Waals surface area contributed by atoms with Crippen LogP contribution < -0.4 is 10.5 Å². The number of halogens is 1. The van der Waals surface area contributed by atoms with Gasteiger partial charge in [-0.25, -0.2) is 4.39 Å². The van der Waals surface area contributed by atoms with Gasteiger partial charge < -0.3 is 10.5 Å². The molecule has 94 valence electrons. The van der Waals surface area contributed by atoms with Gasteiger partial charge in [0, 0.05) is 11.1 Å². The molecule has 17 heavy (non-hydrogen) atoms. The summed E-state index contributed by atoms with van der Waals surface area (Å²) in [6.45, 7) is 2.11. The molecule has 1 saturated carbocycles. The lowest BCUT2D eigenvalue weighted by molar-refractivity contribution is 0.199. The first-order valence-electron chi connectivity index (χ1n) is 6.21. The van der Waals surface area contributed by atoms with Crippen LogP contribution in [0.2, 0.25) is 0 Å². The molecule has 1 fully saturated rings. The molecular weight excluding hydrogens is 217 g/mol. The molecule has 2 N–H and O–H groups in total. The highest BCUT2D eigenvalue weighted by Crippen LogP contribution is 2.41. The fourth-order valence-corrected chi connectivity index (χ4v) is 2.80. The second-order valence-electron chi connectivity index (χ2n) is 5.01. The average Bonchev–Trinajstić information content (AvgIpc) is 2.33. The van der Waals surface area contributed by atoms with E-state index in [9.17, 15) is 4.39 Å². The van der Waals surface area contributed by atoms with Gasteiger partial charge in [0.15, 0.2) is 11.6 Å². The van der Waals surface area contributed by atoms with Crippen LogP contribution in [-0.4, -0.2) is 7.11 Å². The molecule has 1 aromatic rings. The van der Waals surface area contributed by atoms with Gasteiger partial charge in [-0.3, -0.25) is 0 Å². The summed E-state index contributed by atoms with van der Waals surface area (Å²) in [6, 6.07) is 5.24. The number of hydrogen-bond acceptors (Lipinski definition) is 2. The van der Waals surface area contributed by atoms with Gasteiger partial charge in [-0.1, -0.05) is 31.9 Å². The van der Waals surface area contributed by atoms with Crippen LogP contribution in [0.1, 0.15) is 38.2 Å². The maximum atomic E-state index is 14.3. The fourth-order valence-electron chi connectivity index (χ4n) is 2.80. The van der Waals surface area contributed by atoms with Crippen LogP contribution in [0.4, 0.5) is 4.39 Å². The summed E-state index contributed by atoms with van der Waals surface area (Å²) in [6.07, 6.45) is 4.16. The molecule has 0 heterocycles. The summed E-state index contributed by atoms with van der Waals surface area (Å²) in [7, 11) is 1.48. The van der Waals surface area contributed by atoms with E-state index in [1.165, 1.54) is 13.5 Å². The topological polar surface area (TPSA) is 35.2 Å². The van der Waals surface area contributed by atoms with E-state index in [1.54, 1.807) is 12.1 Å². The molecule has 2 unspecified atom stereocenters. The lowest BCUT2D eigenvalue weighted by Crippen LogP contribution is -2.45. The van der Waals surface area contributed by atoms with E-state index in [1.807, 2.05) is 6.07 Å². The number of benzene rings is 1. The highest BCUT2D eigenvalue weighted by atomic mass is 19.1. The van der Waals surface area contributed by atoms with Gasteiger partial charge in [0.05, 0.1) is 7.11 Å². The molecule has 3 heteroatoms. The molecule has 0 spiro atoms. The lowest BCUT2D eigenvalue weighted by Gasteiger charge is -2.40. The molecular formula is C14H20FNO. The minimum atomic E-state index is -0.545. The maximum Gasteiger partial charge on any atom is 0.170 e. The van der Waals surface area contributed by atoms with Crippen LogP contribution >= 0.6 is 0 Å². The Bertz CT molecular complexity index is 407. The van der Waals surface area contributed by atoms with Crippen LogP contribution in [0.5, 0.6) is 5.75 Å². The van der Waals surface area contributed by atoms with Crippen molar-refractivity contribution in [2.45, 2.75) is 38.1 Å². The Morgan fingerprint density at radius 1 is 1.41 bits per heavy atom. The van der Waals surface area contributed by atoms with Gasteiger partial charge in [-0.05, 0) is 24.8 Å². The molecule has 1 aliphatic carbocycles. The minimum Gasteiger partial charge on any atom is -0.494 e. The van der Waals surface area contributed by atoms with Crippen molar-refractivity contribution in [2.75, 3.05) is 7.11 Å². The van der Waals surface area contributed by atoms with Gasteiger partial charge in [-0.15, -0.1) is 0 Å². The van der Waals surface area contributed by atoms with E-state index in [2.05, 4.69) is 6.92 Å². The van der Waals surface area contributed by atoms with E-state index in [0.717, 1.165) is 19.3 Å². The summed E-state index contributed by atoms with van der Waals surface area (Å²) in [5, 5.41) is 0. The molecule has 0 amide bonds. The Hall–Kier alpha value is -1.09. The van der Waals surface area contributed by atoms with Crippen molar-refractivity contribution in [3.05, 3.63) is 29.6 Å². The van der Waals surface area contributed by atoms with E-state index < -0.39 is 5.54 Å². The zero-order chi connectivity index (χ0) is 12.5. The van der Waals surface area contributed by atoms with Crippen LogP contribution in [0.15, 0.2) is 18.2 Å². The first kappa shape index (κ1) is 12.4. The summed E-state index contributed by atoms with van der Waals surface area (Å²) in [4.78, 5) is 0. The molecule has 0 bridgehead atoms. The predicted molar refractivity (Wildman–Crippen MR) is 66.4 cm³/mol. The third-order valence-corrected chi connectivity index (χ3v) is 4.04. The Morgan fingerprint density at radius 2 is 2.18 bits per heavy atom. The predicted octanol–water partition coefficient (Wildman–Crippen LogP) is 3.20. The molecule has 2 nitrogen and oxygen atoms in total. The highest BCUT2D eigenvalue weighted by molar-refractivity contribution is 5.36. The van der Waals surface area contributed by atoms with E-state index >= 15 is 0 Å². The van der Waals surface area contributed by atoms with Crippen LogP contribution in [0.25, 0.3) is 0 Å². The molecule has 0 saturated heterocycles. The zero-order valence-electron chi connectivity index (χ0n) is 10.5. The minimum absolute atomic E-state index is 0.282. The third kappa shape index (κ3) is 2.04. The van der Waals surface area contributed by atoms with Crippen molar-refractivity contribution < 1.29 is 9.13 Å². The van der Waals surface area contributed by atoms with Crippen molar-refractivity contribution >= 4 is 0 Å². The van der Waals surface area contributed by atoms with Crippen LogP contribution in [0.3, 0.4) is 0 Å². The van der Waals surface area contributed by atoms with Crippen molar-refractivity contribution in [3.63, 3.8) is 0 Å². The van der Waals surface area contributed by atoms with E-state index in [4.69, 9.17) is 10.5 Å². The Balaban J connectivity index is 2.44. The van der Waals surface area contributed by atoms with Crippen molar-refractivity contribution in [1.82, 2.24) is 0 Å². The molecule has 1 aromatic carbocycles. The van der Waals surface area contributed by atoms with Gasteiger partial charge in [0.1, 0.15) is 0 Å². The molecule has 0 radical (unpaired) electrons. The summed E-state index contributed by atoms with van der Waals surface area (Å²) in [5.41, 5.74) is 6.51. The standard InChI is InChI=1S/C14H20FNO/c1-10-6-3-4-9-14(10,16)11-7-5-8-12(17-2)13(11)15/h5,7-8,10H,3-4,6,9,16H2,1-2H3. The number of hydrogen-bond donors (Lipinski definition) is 1. The quantitative estimate of drug-likeness (QED) is 0.857. The maximum absolute atomic E-state index is 14.3. The second-order valence-corrected chi connectivity index (χ2v) is 5.01. The summed E-state index contributed by atoms with van der Waals surface area (Å²) < 4.78 is 19.3. The average molecular weight is 237 g/mol. The highest BCUT2D eigenvalue weighted by Gasteiger charge is 2.38. The first-order chi connectivity index (χ1) is 8.09. The number of ether oxygens (including phenoxy) is 1. The van der Waals surface area contributed by atoms with E-state index in [-0.39, 0.29) is 11.6 Å². The second kappa shape index (κ2) is 4.65. The Kier molecular flexibility index (Phi) is 3.38. The van der Waals surface area contributed by atoms with Gasteiger partial charge in [0.2, 0.25) is 0 Å². The van der Waals surface area contributed by atoms with Crippen LogP contribution in [0, 0.1) is 11.7 Å². The lowest BCUT2D eigenvalue weighted by atomic mass is 9.70. The molecule has 1 aliphatic rings. The summed E-state index contributed by atoms with van der Waals surface area (Å²) >= 11 is 0. The van der Waals surface area contributed by atoms with Crippen LogP contribution in [-0.2, 0) is 5.54 Å². The van der Waals surface area contributed by atoms with Crippen molar-refractivity contribution in [2.24, 2.45) is 11.7 Å². The zero-order valence-corrected chi connectivity index (χ0v) is 10.5. The van der Waals surface area contributed by atoms with E-state index in [0.29, 0.717) is 11.5 Å². The molecule has 2 rings (SSSR count). The molecule has 2 atom stereocenters. The number of rotatable bonds is 2. The largest absolute Gasteiger partial charge is 0.494 e. The normalized spacial score (nSPS) is 29.1. The number of methoxy groups -OCH3 is 1. The SMILES string of the molecule is COc1cccc(C2(N)CCCCC2C)c1F. The Morgan fingerprint density at radius 3 is 2.82 bits per heavy atom. The van der Waals surface area contributed by atoms with Gasteiger partial charge in [-0.2, -0.15) is 0 Å². The molecule has 0 aliphatic heterocycles. The van der Waals surface area contributed by atoms with Crippen molar-refractivity contribution in [1.29, 1.82) is 0 Å². The molecule has 0 aromatic heterocycles.